The number of thioether (sulfide) groups is 1. The molecule has 90 valence electrons. The molecule has 0 amide bonds. The van der Waals surface area contributed by atoms with E-state index in [-0.39, 0.29) is 0 Å². The summed E-state index contributed by atoms with van der Waals surface area (Å²) in [5, 5.41) is 9.24. The molecule has 1 aromatic carbocycles. The molecule has 1 aliphatic rings. The molecule has 0 N–H and O–H groups in total. The van der Waals surface area contributed by atoms with Gasteiger partial charge in [0.15, 0.2) is 0 Å². The van der Waals surface area contributed by atoms with Crippen molar-refractivity contribution in [2.75, 3.05) is 11.9 Å². The Bertz CT molecular complexity index is 481. The molecule has 2 atom stereocenters. The van der Waals surface area contributed by atoms with Crippen molar-refractivity contribution in [3.8, 4) is 6.07 Å². The molecule has 0 fully saturated rings. The van der Waals surface area contributed by atoms with Crippen LogP contribution in [0.25, 0.3) is 0 Å². The Morgan fingerprint density at radius 1 is 1.53 bits per heavy atom. The molecule has 0 bridgehead atoms. The Morgan fingerprint density at radius 3 is 2.88 bits per heavy atom. The normalized spacial score (nSPS) is 23.1. The first kappa shape index (κ1) is 12.8. The lowest BCUT2D eigenvalue weighted by molar-refractivity contribution is 0.637. The molecule has 0 radical (unpaired) electrons. The highest BCUT2D eigenvalue weighted by atomic mass is 79.9. The SMILES string of the molecule is Cc1cc(Br)c2c(c1)SC(CC#N)C(C)N2C. The van der Waals surface area contributed by atoms with Crippen LogP contribution in [0.4, 0.5) is 5.69 Å². The van der Waals surface area contributed by atoms with E-state index < -0.39 is 0 Å². The molecule has 1 aliphatic heterocycles. The summed E-state index contributed by atoms with van der Waals surface area (Å²) in [4.78, 5) is 3.55. The van der Waals surface area contributed by atoms with E-state index >= 15 is 0 Å². The standard InChI is InChI=1S/C13H15BrN2S/c1-8-6-10(14)13-12(7-8)17-11(4-5-15)9(2)16(13)3/h6-7,9,11H,4H2,1-3H3. The number of aryl methyl sites for hydroxylation is 1. The molecule has 2 unspecified atom stereocenters. The van der Waals surface area contributed by atoms with Crippen molar-refractivity contribution in [3.05, 3.63) is 22.2 Å². The van der Waals surface area contributed by atoms with Crippen LogP contribution in [0.2, 0.25) is 0 Å². The second-order valence-electron chi connectivity index (χ2n) is 4.46. The minimum atomic E-state index is 0.353. The lowest BCUT2D eigenvalue weighted by Gasteiger charge is -2.39. The van der Waals surface area contributed by atoms with Crippen LogP contribution in [0.15, 0.2) is 21.5 Å². The highest BCUT2D eigenvalue weighted by Crippen LogP contribution is 2.46. The fourth-order valence-corrected chi connectivity index (χ4v) is 4.62. The maximum Gasteiger partial charge on any atom is 0.0649 e. The van der Waals surface area contributed by atoms with Gasteiger partial charge in [0, 0.05) is 34.1 Å². The average molecular weight is 311 g/mol. The van der Waals surface area contributed by atoms with Gasteiger partial charge >= 0.3 is 0 Å². The molecule has 0 spiro atoms. The van der Waals surface area contributed by atoms with Crippen molar-refractivity contribution in [3.63, 3.8) is 0 Å². The first-order chi connectivity index (χ1) is 8.04. The quantitative estimate of drug-likeness (QED) is 0.785. The van der Waals surface area contributed by atoms with Crippen LogP contribution in [-0.4, -0.2) is 18.3 Å². The number of benzene rings is 1. The lowest BCUT2D eigenvalue weighted by atomic mass is 10.1. The monoisotopic (exact) mass is 310 g/mol. The van der Waals surface area contributed by atoms with E-state index in [0.29, 0.717) is 17.7 Å². The number of halogens is 1. The van der Waals surface area contributed by atoms with E-state index in [1.165, 1.54) is 16.1 Å². The minimum absolute atomic E-state index is 0.353. The van der Waals surface area contributed by atoms with Crippen molar-refractivity contribution in [2.24, 2.45) is 0 Å². The highest BCUT2D eigenvalue weighted by Gasteiger charge is 2.31. The first-order valence-corrected chi connectivity index (χ1v) is 7.28. The molecule has 2 rings (SSSR count). The van der Waals surface area contributed by atoms with Gasteiger partial charge in [0.25, 0.3) is 0 Å². The van der Waals surface area contributed by atoms with E-state index in [4.69, 9.17) is 5.26 Å². The van der Waals surface area contributed by atoms with Gasteiger partial charge in [-0.2, -0.15) is 5.26 Å². The second kappa shape index (κ2) is 4.91. The lowest BCUT2D eigenvalue weighted by Crippen LogP contribution is -2.40. The van der Waals surface area contributed by atoms with E-state index in [9.17, 15) is 0 Å². The van der Waals surface area contributed by atoms with Gasteiger partial charge in [0.05, 0.1) is 11.8 Å². The summed E-state index contributed by atoms with van der Waals surface area (Å²) in [6.45, 7) is 4.28. The van der Waals surface area contributed by atoms with Crippen molar-refractivity contribution in [2.45, 2.75) is 36.5 Å². The zero-order valence-electron chi connectivity index (χ0n) is 10.2. The number of anilines is 1. The molecule has 1 aromatic rings. The minimum Gasteiger partial charge on any atom is -0.369 e. The smallest absolute Gasteiger partial charge is 0.0649 e. The predicted molar refractivity (Wildman–Crippen MR) is 76.6 cm³/mol. The van der Waals surface area contributed by atoms with Crippen molar-refractivity contribution < 1.29 is 0 Å². The van der Waals surface area contributed by atoms with Gasteiger partial charge in [-0.05, 0) is 47.5 Å². The van der Waals surface area contributed by atoms with Gasteiger partial charge in [-0.3, -0.25) is 0 Å². The first-order valence-electron chi connectivity index (χ1n) is 5.61. The summed E-state index contributed by atoms with van der Waals surface area (Å²) >= 11 is 5.47. The maximum absolute atomic E-state index is 8.89. The Labute approximate surface area is 115 Å². The zero-order chi connectivity index (χ0) is 12.6. The van der Waals surface area contributed by atoms with Crippen LogP contribution in [0, 0.1) is 18.3 Å². The summed E-state index contributed by atoms with van der Waals surface area (Å²) in [6, 6.07) is 7.02. The largest absolute Gasteiger partial charge is 0.369 e. The van der Waals surface area contributed by atoms with Crippen LogP contribution < -0.4 is 4.90 Å². The van der Waals surface area contributed by atoms with Crippen molar-refractivity contribution in [1.82, 2.24) is 0 Å². The number of nitrogens with zero attached hydrogens (tertiary/aromatic N) is 2. The summed E-state index contributed by atoms with van der Waals surface area (Å²) in [5.74, 6) is 0. The molecular weight excluding hydrogens is 296 g/mol. The second-order valence-corrected chi connectivity index (χ2v) is 6.60. The fourth-order valence-electron chi connectivity index (χ4n) is 2.15. The van der Waals surface area contributed by atoms with Gasteiger partial charge in [-0.15, -0.1) is 11.8 Å². The van der Waals surface area contributed by atoms with Crippen LogP contribution in [-0.2, 0) is 0 Å². The van der Waals surface area contributed by atoms with Gasteiger partial charge in [-0.1, -0.05) is 0 Å². The van der Waals surface area contributed by atoms with Crippen LogP contribution in [0.1, 0.15) is 18.9 Å². The molecule has 0 saturated carbocycles. The number of rotatable bonds is 1. The van der Waals surface area contributed by atoms with E-state index in [2.05, 4.69) is 59.9 Å². The molecule has 4 heteroatoms. The zero-order valence-corrected chi connectivity index (χ0v) is 12.6. The van der Waals surface area contributed by atoms with E-state index in [1.807, 2.05) is 11.8 Å². The van der Waals surface area contributed by atoms with Crippen LogP contribution in [0.5, 0.6) is 0 Å². The summed E-state index contributed by atoms with van der Waals surface area (Å²) in [7, 11) is 2.10. The number of hydrogen-bond acceptors (Lipinski definition) is 3. The molecular formula is C13H15BrN2S. The van der Waals surface area contributed by atoms with Crippen LogP contribution >= 0.6 is 27.7 Å². The Morgan fingerprint density at radius 2 is 2.24 bits per heavy atom. The average Bonchev–Trinajstić information content (AvgIpc) is 2.24. The van der Waals surface area contributed by atoms with Crippen molar-refractivity contribution in [1.29, 1.82) is 5.26 Å². The van der Waals surface area contributed by atoms with Crippen molar-refractivity contribution >= 4 is 33.4 Å². The van der Waals surface area contributed by atoms with Gasteiger partial charge < -0.3 is 4.90 Å². The number of hydrogen-bond donors (Lipinski definition) is 0. The summed E-state index contributed by atoms with van der Waals surface area (Å²) < 4.78 is 1.14. The van der Waals surface area contributed by atoms with E-state index in [0.717, 1.165) is 4.47 Å². The Balaban J connectivity index is 2.46. The van der Waals surface area contributed by atoms with E-state index in [1.54, 1.807) is 0 Å². The maximum atomic E-state index is 8.89. The summed E-state index contributed by atoms with van der Waals surface area (Å²) in [5.41, 5.74) is 2.50. The highest BCUT2D eigenvalue weighted by molar-refractivity contribution is 9.10. The fraction of sp³-hybridized carbons (Fsp3) is 0.462. The topological polar surface area (TPSA) is 27.0 Å². The Kier molecular flexibility index (Phi) is 3.70. The summed E-state index contributed by atoms with van der Waals surface area (Å²) in [6.07, 6.45) is 0.598. The molecule has 0 aromatic heterocycles. The third-order valence-electron chi connectivity index (χ3n) is 3.25. The third kappa shape index (κ3) is 2.31. The molecule has 2 nitrogen and oxygen atoms in total. The van der Waals surface area contributed by atoms with Gasteiger partial charge in [-0.25, -0.2) is 0 Å². The number of fused-ring (bicyclic) bond motifs is 1. The van der Waals surface area contributed by atoms with Crippen LogP contribution in [0.3, 0.4) is 0 Å². The molecule has 0 saturated heterocycles. The third-order valence-corrected chi connectivity index (χ3v) is 5.28. The molecule has 1 heterocycles. The Hall–Kier alpha value is -0.660. The molecule has 0 aliphatic carbocycles. The van der Waals surface area contributed by atoms with Gasteiger partial charge in [0.2, 0.25) is 0 Å². The number of nitriles is 1. The predicted octanol–water partition coefficient (Wildman–Crippen LogP) is 3.97. The van der Waals surface area contributed by atoms with Gasteiger partial charge in [0.1, 0.15) is 0 Å². The molecule has 17 heavy (non-hydrogen) atoms.